The lowest BCUT2D eigenvalue weighted by Gasteiger charge is -2.09. The van der Waals surface area contributed by atoms with Gasteiger partial charge in [0.25, 0.3) is 5.91 Å². The van der Waals surface area contributed by atoms with E-state index in [0.717, 1.165) is 5.56 Å². The van der Waals surface area contributed by atoms with E-state index in [4.69, 9.17) is 4.74 Å². The molecule has 0 saturated heterocycles. The lowest BCUT2D eigenvalue weighted by Crippen LogP contribution is -2.28. The van der Waals surface area contributed by atoms with E-state index >= 15 is 0 Å². The van der Waals surface area contributed by atoms with E-state index in [2.05, 4.69) is 16.6 Å². The SMILES string of the molecule is C=CCNC(=O)COc1ccc(S(=O)(=O)NCCc2ccccc2)cc1. The fraction of sp³-hybridized carbons (Fsp3) is 0.211. The zero-order valence-electron chi connectivity index (χ0n) is 14.4. The number of sulfonamides is 1. The van der Waals surface area contributed by atoms with Gasteiger partial charge in [0.1, 0.15) is 5.75 Å². The highest BCUT2D eigenvalue weighted by molar-refractivity contribution is 7.89. The van der Waals surface area contributed by atoms with Crippen molar-refractivity contribution < 1.29 is 17.9 Å². The maximum atomic E-state index is 12.3. The Morgan fingerprint density at radius 2 is 1.77 bits per heavy atom. The first kappa shape index (κ1) is 19.7. The van der Waals surface area contributed by atoms with Crippen LogP contribution in [-0.2, 0) is 21.2 Å². The van der Waals surface area contributed by atoms with Crippen molar-refractivity contribution in [2.24, 2.45) is 0 Å². The molecule has 0 aliphatic heterocycles. The minimum Gasteiger partial charge on any atom is -0.484 e. The third kappa shape index (κ3) is 6.34. The molecule has 0 atom stereocenters. The first-order valence-electron chi connectivity index (χ1n) is 8.15. The monoisotopic (exact) mass is 374 g/mol. The molecule has 7 heteroatoms. The Balaban J connectivity index is 1.85. The molecule has 0 saturated carbocycles. The Kier molecular flexibility index (Phi) is 7.37. The number of benzene rings is 2. The number of amides is 1. The van der Waals surface area contributed by atoms with Crippen LogP contribution in [0.25, 0.3) is 0 Å². The van der Waals surface area contributed by atoms with Crippen LogP contribution >= 0.6 is 0 Å². The van der Waals surface area contributed by atoms with E-state index in [1.54, 1.807) is 6.08 Å². The lowest BCUT2D eigenvalue weighted by atomic mass is 10.2. The Morgan fingerprint density at radius 3 is 2.42 bits per heavy atom. The largest absolute Gasteiger partial charge is 0.484 e. The van der Waals surface area contributed by atoms with Gasteiger partial charge >= 0.3 is 0 Å². The Morgan fingerprint density at radius 1 is 1.08 bits per heavy atom. The second-order valence-corrected chi connectivity index (χ2v) is 7.25. The van der Waals surface area contributed by atoms with Crippen molar-refractivity contribution in [3.8, 4) is 5.75 Å². The number of hydrogen-bond donors (Lipinski definition) is 2. The number of ether oxygens (including phenoxy) is 1. The number of nitrogens with one attached hydrogen (secondary N) is 2. The molecule has 2 aromatic carbocycles. The molecule has 0 aliphatic carbocycles. The summed E-state index contributed by atoms with van der Waals surface area (Å²) >= 11 is 0. The van der Waals surface area contributed by atoms with Gasteiger partial charge in [-0.05, 0) is 36.2 Å². The molecule has 6 nitrogen and oxygen atoms in total. The third-order valence-electron chi connectivity index (χ3n) is 3.50. The molecule has 2 rings (SSSR count). The molecule has 0 spiro atoms. The molecule has 26 heavy (non-hydrogen) atoms. The summed E-state index contributed by atoms with van der Waals surface area (Å²) in [6, 6.07) is 15.6. The highest BCUT2D eigenvalue weighted by Crippen LogP contribution is 2.16. The Hall–Kier alpha value is -2.64. The van der Waals surface area contributed by atoms with E-state index in [1.165, 1.54) is 24.3 Å². The molecule has 0 unspecified atom stereocenters. The maximum absolute atomic E-state index is 12.3. The van der Waals surface area contributed by atoms with Crippen LogP contribution in [0.2, 0.25) is 0 Å². The predicted octanol–water partition coefficient (Wildman–Crippen LogP) is 1.89. The normalized spacial score (nSPS) is 10.9. The number of hydrogen-bond acceptors (Lipinski definition) is 4. The molecule has 0 aliphatic rings. The lowest BCUT2D eigenvalue weighted by molar-refractivity contribution is -0.122. The second kappa shape index (κ2) is 9.74. The molecule has 0 heterocycles. The summed E-state index contributed by atoms with van der Waals surface area (Å²) in [7, 11) is -3.59. The molecular weight excluding hydrogens is 352 g/mol. The molecule has 2 aromatic rings. The first-order valence-corrected chi connectivity index (χ1v) is 9.63. The van der Waals surface area contributed by atoms with E-state index in [0.29, 0.717) is 25.3 Å². The zero-order chi connectivity index (χ0) is 18.8. The van der Waals surface area contributed by atoms with Crippen LogP contribution in [0, 0.1) is 0 Å². The summed E-state index contributed by atoms with van der Waals surface area (Å²) in [5, 5.41) is 2.59. The summed E-state index contributed by atoms with van der Waals surface area (Å²) in [5.74, 6) is 0.145. The Labute approximate surface area is 153 Å². The quantitative estimate of drug-likeness (QED) is 0.622. The minimum absolute atomic E-state index is 0.144. The van der Waals surface area contributed by atoms with Crippen molar-refractivity contribution in [1.29, 1.82) is 0 Å². The highest BCUT2D eigenvalue weighted by atomic mass is 32.2. The van der Waals surface area contributed by atoms with Crippen molar-refractivity contribution in [2.75, 3.05) is 19.7 Å². The van der Waals surface area contributed by atoms with Crippen molar-refractivity contribution in [3.05, 3.63) is 72.8 Å². The van der Waals surface area contributed by atoms with Crippen molar-refractivity contribution in [1.82, 2.24) is 10.0 Å². The molecular formula is C19H22N2O4S. The summed E-state index contributed by atoms with van der Waals surface area (Å²) in [4.78, 5) is 11.6. The maximum Gasteiger partial charge on any atom is 0.258 e. The van der Waals surface area contributed by atoms with Crippen LogP contribution in [-0.4, -0.2) is 34.0 Å². The zero-order valence-corrected chi connectivity index (χ0v) is 15.2. The summed E-state index contributed by atoms with van der Waals surface area (Å²) in [6.45, 7) is 4.04. The van der Waals surface area contributed by atoms with Crippen molar-refractivity contribution in [3.63, 3.8) is 0 Å². The summed E-state index contributed by atoms with van der Waals surface area (Å²) in [5.41, 5.74) is 1.06. The van der Waals surface area contributed by atoms with E-state index in [-0.39, 0.29) is 17.4 Å². The Bertz CT molecular complexity index is 818. The molecule has 0 aromatic heterocycles. The topological polar surface area (TPSA) is 84.5 Å². The van der Waals surface area contributed by atoms with Gasteiger partial charge in [0.15, 0.2) is 6.61 Å². The van der Waals surface area contributed by atoms with Crippen LogP contribution in [0.5, 0.6) is 5.75 Å². The molecule has 138 valence electrons. The van der Waals surface area contributed by atoms with Crippen LogP contribution in [0.4, 0.5) is 0 Å². The molecule has 0 fully saturated rings. The van der Waals surface area contributed by atoms with Crippen LogP contribution in [0.15, 0.2) is 72.1 Å². The average Bonchev–Trinajstić information content (AvgIpc) is 2.66. The van der Waals surface area contributed by atoms with Gasteiger partial charge in [-0.25, -0.2) is 13.1 Å². The number of rotatable bonds is 10. The van der Waals surface area contributed by atoms with Gasteiger partial charge in [-0.2, -0.15) is 0 Å². The van der Waals surface area contributed by atoms with Crippen LogP contribution in [0.1, 0.15) is 5.56 Å². The smallest absolute Gasteiger partial charge is 0.258 e. The third-order valence-corrected chi connectivity index (χ3v) is 4.97. The number of carbonyl (C=O) groups is 1. The van der Waals surface area contributed by atoms with Gasteiger partial charge in [0.05, 0.1) is 4.90 Å². The minimum atomic E-state index is -3.59. The first-order chi connectivity index (χ1) is 12.5. The van der Waals surface area contributed by atoms with Gasteiger partial charge < -0.3 is 10.1 Å². The van der Waals surface area contributed by atoms with Crippen molar-refractivity contribution in [2.45, 2.75) is 11.3 Å². The summed E-state index contributed by atoms with van der Waals surface area (Å²) < 4.78 is 32.5. The fourth-order valence-corrected chi connectivity index (χ4v) is 3.19. The second-order valence-electron chi connectivity index (χ2n) is 5.49. The van der Waals surface area contributed by atoms with Crippen LogP contribution < -0.4 is 14.8 Å². The predicted molar refractivity (Wildman–Crippen MR) is 100 cm³/mol. The fourth-order valence-electron chi connectivity index (χ4n) is 2.16. The molecule has 0 bridgehead atoms. The van der Waals surface area contributed by atoms with Gasteiger partial charge in [-0.3, -0.25) is 4.79 Å². The summed E-state index contributed by atoms with van der Waals surface area (Å²) in [6.07, 6.45) is 2.18. The molecule has 2 N–H and O–H groups in total. The van der Waals surface area contributed by atoms with Gasteiger partial charge in [0.2, 0.25) is 10.0 Å². The van der Waals surface area contributed by atoms with Gasteiger partial charge in [0, 0.05) is 13.1 Å². The highest BCUT2D eigenvalue weighted by Gasteiger charge is 2.13. The standard InChI is InChI=1S/C19H22N2O4S/c1-2-13-20-19(22)15-25-17-8-10-18(11-9-17)26(23,24)21-14-12-16-6-4-3-5-7-16/h2-11,21H,1,12-15H2,(H,20,22). The van der Waals surface area contributed by atoms with E-state index < -0.39 is 10.0 Å². The van der Waals surface area contributed by atoms with Gasteiger partial charge in [-0.15, -0.1) is 6.58 Å². The van der Waals surface area contributed by atoms with Crippen LogP contribution in [0.3, 0.4) is 0 Å². The van der Waals surface area contributed by atoms with E-state index in [9.17, 15) is 13.2 Å². The molecule has 0 radical (unpaired) electrons. The van der Waals surface area contributed by atoms with Crippen molar-refractivity contribution >= 4 is 15.9 Å². The van der Waals surface area contributed by atoms with Gasteiger partial charge in [-0.1, -0.05) is 36.4 Å². The van der Waals surface area contributed by atoms with E-state index in [1.807, 2.05) is 30.3 Å². The molecule has 1 amide bonds. The average molecular weight is 374 g/mol. The number of carbonyl (C=O) groups excluding carboxylic acids is 1.